The van der Waals surface area contributed by atoms with Gasteiger partial charge in [0.05, 0.1) is 30.7 Å². The van der Waals surface area contributed by atoms with Gasteiger partial charge in [0.15, 0.2) is 0 Å². The molecule has 2 aliphatic rings. The van der Waals surface area contributed by atoms with Crippen molar-refractivity contribution < 1.29 is 31.9 Å². The Morgan fingerprint density at radius 1 is 1.12 bits per heavy atom. The second kappa shape index (κ2) is 10.1. The van der Waals surface area contributed by atoms with E-state index >= 15 is 0 Å². The highest BCUT2D eigenvalue weighted by molar-refractivity contribution is 6.00. The number of carbonyl (C=O) groups is 2. The van der Waals surface area contributed by atoms with E-state index in [0.717, 1.165) is 17.7 Å². The number of hydrogen-bond donors (Lipinski definition) is 1. The number of ether oxygens (including phenoxy) is 1. The van der Waals surface area contributed by atoms with Crippen LogP contribution < -0.4 is 10.2 Å². The third kappa shape index (κ3) is 5.56. The third-order valence-electron chi connectivity index (χ3n) is 6.17. The van der Waals surface area contributed by atoms with Gasteiger partial charge in [-0.05, 0) is 35.9 Å². The van der Waals surface area contributed by atoms with E-state index in [1.807, 2.05) is 0 Å². The Balaban J connectivity index is 1.43. The van der Waals surface area contributed by atoms with E-state index in [0.29, 0.717) is 26.3 Å². The van der Waals surface area contributed by atoms with Gasteiger partial charge >= 0.3 is 6.18 Å². The fraction of sp³-hybridized carbons (Fsp3) is 0.417. The van der Waals surface area contributed by atoms with Gasteiger partial charge in [-0.15, -0.1) is 0 Å². The summed E-state index contributed by atoms with van der Waals surface area (Å²) < 4.78 is 58.4. The van der Waals surface area contributed by atoms with Crippen molar-refractivity contribution in [1.82, 2.24) is 10.2 Å². The molecule has 6 nitrogen and oxygen atoms in total. The number of nitrogens with one attached hydrogen (secondary N) is 1. The molecule has 0 spiro atoms. The number of alkyl halides is 3. The molecule has 2 unspecified atom stereocenters. The molecule has 0 aliphatic carbocycles. The smallest absolute Gasteiger partial charge is 0.379 e. The van der Waals surface area contributed by atoms with Crippen LogP contribution in [0.5, 0.6) is 0 Å². The molecule has 0 radical (unpaired) electrons. The Bertz CT molecular complexity index is 1040. The number of amides is 2. The molecule has 34 heavy (non-hydrogen) atoms. The van der Waals surface area contributed by atoms with Gasteiger partial charge in [0, 0.05) is 38.3 Å². The summed E-state index contributed by atoms with van der Waals surface area (Å²) in [5, 5.41) is 2.87. The molecule has 4 rings (SSSR count). The molecule has 1 N–H and O–H groups in total. The first-order valence-electron chi connectivity index (χ1n) is 11.0. The van der Waals surface area contributed by atoms with Gasteiger partial charge in [-0.3, -0.25) is 14.5 Å². The number of anilines is 1. The first-order chi connectivity index (χ1) is 16.2. The van der Waals surface area contributed by atoms with Crippen molar-refractivity contribution in [3.8, 4) is 0 Å². The maximum atomic E-state index is 13.8. The van der Waals surface area contributed by atoms with Gasteiger partial charge in [0.2, 0.25) is 11.8 Å². The molecular weight excluding hydrogens is 454 g/mol. The van der Waals surface area contributed by atoms with Crippen LogP contribution >= 0.6 is 0 Å². The van der Waals surface area contributed by atoms with Crippen LogP contribution in [0, 0.1) is 11.7 Å². The van der Waals surface area contributed by atoms with E-state index in [1.54, 1.807) is 12.1 Å². The molecule has 0 aromatic heterocycles. The van der Waals surface area contributed by atoms with Crippen molar-refractivity contribution in [3.05, 3.63) is 65.5 Å². The number of rotatable bonds is 6. The maximum absolute atomic E-state index is 13.8. The normalized spacial score (nSPS) is 20.4. The molecule has 2 aromatic carbocycles. The van der Waals surface area contributed by atoms with Gasteiger partial charge in [0.1, 0.15) is 5.82 Å². The Kier molecular flexibility index (Phi) is 7.18. The van der Waals surface area contributed by atoms with Gasteiger partial charge in [0.25, 0.3) is 0 Å². The standard InChI is InChI=1S/C24H25F4N3O3/c25-19-5-1-3-16(11-19)21(30-7-9-34-10-8-30)14-29-23(33)17-12-22(32)31(15-17)20-6-2-4-18(13-20)24(26,27)28/h1-6,11,13,17,21H,7-10,12,14-15H2,(H,29,33). The zero-order chi connectivity index (χ0) is 24.3. The Hall–Kier alpha value is -2.98. The number of benzene rings is 2. The molecule has 0 bridgehead atoms. The van der Waals surface area contributed by atoms with Crippen LogP contribution in [0.4, 0.5) is 23.2 Å². The summed E-state index contributed by atoms with van der Waals surface area (Å²) >= 11 is 0. The number of carbonyl (C=O) groups excluding carboxylic acids is 2. The SMILES string of the molecule is O=C(NCC(c1cccc(F)c1)N1CCOCC1)C1CC(=O)N(c2cccc(C(F)(F)F)c2)C1. The first kappa shape index (κ1) is 24.2. The highest BCUT2D eigenvalue weighted by atomic mass is 19.4. The molecule has 0 saturated carbocycles. The van der Waals surface area contributed by atoms with Gasteiger partial charge in [-0.2, -0.15) is 13.2 Å². The lowest BCUT2D eigenvalue weighted by atomic mass is 10.0. The van der Waals surface area contributed by atoms with Crippen LogP contribution in [-0.2, 0) is 20.5 Å². The summed E-state index contributed by atoms with van der Waals surface area (Å²) in [6.45, 7) is 2.51. The monoisotopic (exact) mass is 479 g/mol. The molecule has 10 heteroatoms. The quantitative estimate of drug-likeness (QED) is 0.646. The molecular formula is C24H25F4N3O3. The lowest BCUT2D eigenvalue weighted by Gasteiger charge is -2.35. The average molecular weight is 479 g/mol. The van der Waals surface area contributed by atoms with Crippen molar-refractivity contribution in [1.29, 1.82) is 0 Å². The number of nitrogens with zero attached hydrogens (tertiary/aromatic N) is 2. The fourth-order valence-electron chi connectivity index (χ4n) is 4.39. The summed E-state index contributed by atoms with van der Waals surface area (Å²) in [5.74, 6) is -1.84. The molecule has 2 fully saturated rings. The Morgan fingerprint density at radius 2 is 1.85 bits per heavy atom. The largest absolute Gasteiger partial charge is 0.416 e. The second-order valence-corrected chi connectivity index (χ2v) is 8.42. The van der Waals surface area contributed by atoms with E-state index < -0.39 is 23.6 Å². The molecule has 2 amide bonds. The number of halogens is 4. The lowest BCUT2D eigenvalue weighted by Crippen LogP contribution is -2.45. The molecule has 2 atom stereocenters. The average Bonchev–Trinajstić information content (AvgIpc) is 3.21. The summed E-state index contributed by atoms with van der Waals surface area (Å²) in [5.41, 5.74) is -0.0227. The van der Waals surface area contributed by atoms with E-state index in [-0.39, 0.29) is 43.0 Å². The highest BCUT2D eigenvalue weighted by Gasteiger charge is 2.37. The zero-order valence-corrected chi connectivity index (χ0v) is 18.4. The van der Waals surface area contributed by atoms with Gasteiger partial charge in [-0.1, -0.05) is 18.2 Å². The summed E-state index contributed by atoms with van der Waals surface area (Å²) in [4.78, 5) is 28.7. The molecule has 2 heterocycles. The van der Waals surface area contributed by atoms with Crippen molar-refractivity contribution in [2.75, 3.05) is 44.3 Å². The highest BCUT2D eigenvalue weighted by Crippen LogP contribution is 2.33. The topological polar surface area (TPSA) is 61.9 Å². The van der Waals surface area contributed by atoms with Crippen LogP contribution in [0.15, 0.2) is 48.5 Å². The van der Waals surface area contributed by atoms with E-state index in [9.17, 15) is 27.2 Å². The van der Waals surface area contributed by atoms with E-state index in [2.05, 4.69) is 10.2 Å². The lowest BCUT2D eigenvalue weighted by molar-refractivity contribution is -0.137. The number of morpholine rings is 1. The predicted molar refractivity (Wildman–Crippen MR) is 116 cm³/mol. The van der Waals surface area contributed by atoms with E-state index in [1.165, 1.54) is 29.2 Å². The minimum atomic E-state index is -4.53. The maximum Gasteiger partial charge on any atom is 0.416 e. The van der Waals surface area contributed by atoms with Gasteiger partial charge in [-0.25, -0.2) is 4.39 Å². The zero-order valence-electron chi connectivity index (χ0n) is 18.4. The molecule has 2 aromatic rings. The minimum absolute atomic E-state index is 0.00579. The Morgan fingerprint density at radius 3 is 2.56 bits per heavy atom. The summed E-state index contributed by atoms with van der Waals surface area (Å²) in [6.07, 6.45) is -4.62. The summed E-state index contributed by atoms with van der Waals surface area (Å²) in [6, 6.07) is 10.4. The van der Waals surface area contributed by atoms with Crippen molar-refractivity contribution in [2.45, 2.75) is 18.6 Å². The summed E-state index contributed by atoms with van der Waals surface area (Å²) in [7, 11) is 0. The van der Waals surface area contributed by atoms with Crippen LogP contribution in [-0.4, -0.2) is 56.1 Å². The first-order valence-corrected chi connectivity index (χ1v) is 11.0. The van der Waals surface area contributed by atoms with Crippen LogP contribution in [0.2, 0.25) is 0 Å². The number of hydrogen-bond acceptors (Lipinski definition) is 4. The van der Waals surface area contributed by atoms with Crippen molar-refractivity contribution >= 4 is 17.5 Å². The predicted octanol–water partition coefficient (Wildman–Crippen LogP) is 3.39. The third-order valence-corrected chi connectivity index (χ3v) is 6.17. The van der Waals surface area contributed by atoms with Crippen LogP contribution in [0.1, 0.15) is 23.6 Å². The molecule has 182 valence electrons. The molecule has 2 aliphatic heterocycles. The molecule has 2 saturated heterocycles. The Labute approximate surface area is 194 Å². The second-order valence-electron chi connectivity index (χ2n) is 8.42. The van der Waals surface area contributed by atoms with Crippen molar-refractivity contribution in [2.24, 2.45) is 5.92 Å². The van der Waals surface area contributed by atoms with Crippen LogP contribution in [0.3, 0.4) is 0 Å². The fourth-order valence-corrected chi connectivity index (χ4v) is 4.39. The van der Waals surface area contributed by atoms with Crippen molar-refractivity contribution in [3.63, 3.8) is 0 Å². The van der Waals surface area contributed by atoms with E-state index in [4.69, 9.17) is 4.74 Å². The van der Waals surface area contributed by atoms with Crippen LogP contribution in [0.25, 0.3) is 0 Å². The van der Waals surface area contributed by atoms with Gasteiger partial charge < -0.3 is 15.0 Å². The minimum Gasteiger partial charge on any atom is -0.379 e.